The number of carbonyl (C=O) groups excluding carboxylic acids is 1. The number of aliphatic hydroxyl groups excluding tert-OH is 1. The first-order valence-corrected chi connectivity index (χ1v) is 7.62. The molecule has 0 bridgehead atoms. The van der Waals surface area contributed by atoms with Gasteiger partial charge in [0.2, 0.25) is 5.91 Å². The van der Waals surface area contributed by atoms with E-state index in [1.165, 1.54) is 11.3 Å². The van der Waals surface area contributed by atoms with Crippen LogP contribution in [-0.2, 0) is 16.0 Å². The average molecular weight is 308 g/mol. The molecule has 1 N–H and O–H groups in total. The van der Waals surface area contributed by atoms with Crippen LogP contribution in [0.2, 0.25) is 0 Å². The van der Waals surface area contributed by atoms with Gasteiger partial charge in [-0.2, -0.15) is 0 Å². The van der Waals surface area contributed by atoms with Crippen molar-refractivity contribution in [2.24, 2.45) is 0 Å². The van der Waals surface area contributed by atoms with E-state index in [1.54, 1.807) is 11.2 Å². The number of nitrogens with zero attached hydrogens (tertiary/aromatic N) is 2. The lowest BCUT2D eigenvalue weighted by atomic mass is 10.2. The Balaban J connectivity index is 1.62. The summed E-state index contributed by atoms with van der Waals surface area (Å²) < 4.78 is 10.6. The van der Waals surface area contributed by atoms with Crippen LogP contribution in [0.25, 0.3) is 10.8 Å². The van der Waals surface area contributed by atoms with E-state index in [-0.39, 0.29) is 25.0 Å². The third kappa shape index (κ3) is 3.31. The van der Waals surface area contributed by atoms with E-state index in [0.717, 1.165) is 10.7 Å². The number of carbonyl (C=O) groups is 1. The highest BCUT2D eigenvalue weighted by atomic mass is 32.1. The molecule has 1 saturated heterocycles. The molecule has 7 heteroatoms. The maximum Gasteiger partial charge on any atom is 0.228 e. The van der Waals surface area contributed by atoms with Crippen LogP contribution in [0, 0.1) is 0 Å². The molecule has 1 aliphatic rings. The molecule has 0 aliphatic carbocycles. The van der Waals surface area contributed by atoms with Gasteiger partial charge in [-0.25, -0.2) is 4.98 Å². The number of morpholine rings is 1. The molecular weight excluding hydrogens is 292 g/mol. The van der Waals surface area contributed by atoms with Crippen LogP contribution in [0.4, 0.5) is 0 Å². The first kappa shape index (κ1) is 14.2. The smallest absolute Gasteiger partial charge is 0.228 e. The molecule has 1 aliphatic heterocycles. The van der Waals surface area contributed by atoms with E-state index in [9.17, 15) is 4.79 Å². The van der Waals surface area contributed by atoms with Gasteiger partial charge in [0.05, 0.1) is 37.7 Å². The second kappa shape index (κ2) is 6.38. The van der Waals surface area contributed by atoms with Crippen molar-refractivity contribution in [1.82, 2.24) is 9.88 Å². The number of rotatable bonds is 4. The van der Waals surface area contributed by atoms with Crippen molar-refractivity contribution < 1.29 is 19.1 Å². The molecule has 2 aromatic heterocycles. The normalized spacial score (nSPS) is 18.9. The van der Waals surface area contributed by atoms with Crippen LogP contribution in [0.5, 0.6) is 0 Å². The van der Waals surface area contributed by atoms with Crippen molar-refractivity contribution in [3.05, 3.63) is 29.5 Å². The molecule has 0 aromatic carbocycles. The lowest BCUT2D eigenvalue weighted by Crippen LogP contribution is -2.47. The van der Waals surface area contributed by atoms with Crippen LogP contribution < -0.4 is 0 Å². The molecule has 3 heterocycles. The number of amides is 1. The first-order valence-electron chi connectivity index (χ1n) is 6.75. The monoisotopic (exact) mass is 308 g/mol. The number of thiazole rings is 1. The van der Waals surface area contributed by atoms with E-state index in [2.05, 4.69) is 4.98 Å². The molecule has 6 nitrogen and oxygen atoms in total. The largest absolute Gasteiger partial charge is 0.462 e. The summed E-state index contributed by atoms with van der Waals surface area (Å²) in [4.78, 5) is 18.4. The third-order valence-corrected chi connectivity index (χ3v) is 4.22. The quantitative estimate of drug-likeness (QED) is 0.917. The maximum atomic E-state index is 12.3. The van der Waals surface area contributed by atoms with Crippen LogP contribution >= 0.6 is 11.3 Å². The first-order chi connectivity index (χ1) is 10.3. The van der Waals surface area contributed by atoms with E-state index < -0.39 is 0 Å². The summed E-state index contributed by atoms with van der Waals surface area (Å²) in [6.07, 6.45) is 1.58. The number of hydrogen-bond donors (Lipinski definition) is 1. The van der Waals surface area contributed by atoms with Gasteiger partial charge in [-0.3, -0.25) is 4.79 Å². The lowest BCUT2D eigenvalue weighted by Gasteiger charge is -2.31. The van der Waals surface area contributed by atoms with Gasteiger partial charge in [0, 0.05) is 18.5 Å². The minimum Gasteiger partial charge on any atom is -0.462 e. The second-order valence-corrected chi connectivity index (χ2v) is 5.67. The topological polar surface area (TPSA) is 75.8 Å². The Morgan fingerprint density at radius 3 is 3.24 bits per heavy atom. The van der Waals surface area contributed by atoms with Crippen molar-refractivity contribution in [3.63, 3.8) is 0 Å². The zero-order valence-electron chi connectivity index (χ0n) is 11.4. The van der Waals surface area contributed by atoms with Gasteiger partial charge >= 0.3 is 0 Å². The number of ether oxygens (including phenoxy) is 1. The zero-order valence-corrected chi connectivity index (χ0v) is 12.2. The second-order valence-electron chi connectivity index (χ2n) is 4.81. The van der Waals surface area contributed by atoms with Gasteiger partial charge in [0.1, 0.15) is 0 Å². The molecule has 21 heavy (non-hydrogen) atoms. The van der Waals surface area contributed by atoms with Gasteiger partial charge in [-0.15, -0.1) is 11.3 Å². The number of aliphatic hydroxyl groups is 1. The maximum absolute atomic E-state index is 12.3. The molecule has 1 unspecified atom stereocenters. The van der Waals surface area contributed by atoms with Crippen molar-refractivity contribution in [3.8, 4) is 10.8 Å². The molecular formula is C14H16N2O4S. The van der Waals surface area contributed by atoms with E-state index in [1.807, 2.05) is 17.5 Å². The highest BCUT2D eigenvalue weighted by molar-refractivity contribution is 7.13. The van der Waals surface area contributed by atoms with Gasteiger partial charge in [-0.05, 0) is 12.1 Å². The average Bonchev–Trinajstić information content (AvgIpc) is 3.18. The molecule has 2 aromatic rings. The fourth-order valence-corrected chi connectivity index (χ4v) is 3.01. The summed E-state index contributed by atoms with van der Waals surface area (Å²) in [7, 11) is 0. The SMILES string of the molecule is O=C(Cc1csc(-c2ccco2)n1)N1CCOC(CO)C1. The molecule has 1 amide bonds. The number of furan rings is 1. The van der Waals surface area contributed by atoms with Crippen LogP contribution in [0.3, 0.4) is 0 Å². The molecule has 0 saturated carbocycles. The summed E-state index contributed by atoms with van der Waals surface area (Å²) in [5.41, 5.74) is 0.739. The Labute approximate surface area is 126 Å². The predicted molar refractivity (Wildman–Crippen MR) is 76.9 cm³/mol. The summed E-state index contributed by atoms with van der Waals surface area (Å²) >= 11 is 1.46. The van der Waals surface area contributed by atoms with Crippen molar-refractivity contribution in [2.45, 2.75) is 12.5 Å². The minimum absolute atomic E-state index is 0.00745. The Bertz CT molecular complexity index is 596. The highest BCUT2D eigenvalue weighted by Gasteiger charge is 2.24. The standard InChI is InChI=1S/C14H16N2O4S/c17-8-11-7-16(3-5-19-11)13(18)6-10-9-21-14(15-10)12-2-1-4-20-12/h1-2,4,9,11,17H,3,5-8H2. The summed E-state index contributed by atoms with van der Waals surface area (Å²) in [6.45, 7) is 1.39. The Hall–Kier alpha value is -1.70. The summed E-state index contributed by atoms with van der Waals surface area (Å²) in [6, 6.07) is 3.66. The van der Waals surface area contributed by atoms with Gasteiger partial charge in [0.25, 0.3) is 0 Å². The highest BCUT2D eigenvalue weighted by Crippen LogP contribution is 2.24. The van der Waals surface area contributed by atoms with Crippen molar-refractivity contribution in [2.75, 3.05) is 26.3 Å². The molecule has 0 spiro atoms. The number of aromatic nitrogens is 1. The van der Waals surface area contributed by atoms with Gasteiger partial charge in [0.15, 0.2) is 10.8 Å². The van der Waals surface area contributed by atoms with Crippen LogP contribution in [0.15, 0.2) is 28.2 Å². The molecule has 1 atom stereocenters. The van der Waals surface area contributed by atoms with Crippen LogP contribution in [-0.4, -0.2) is 53.3 Å². The van der Waals surface area contributed by atoms with E-state index in [0.29, 0.717) is 25.5 Å². The molecule has 112 valence electrons. The molecule has 1 fully saturated rings. The van der Waals surface area contributed by atoms with Gasteiger partial charge in [-0.1, -0.05) is 0 Å². The van der Waals surface area contributed by atoms with E-state index >= 15 is 0 Å². The van der Waals surface area contributed by atoms with Crippen molar-refractivity contribution >= 4 is 17.2 Å². The number of hydrogen-bond acceptors (Lipinski definition) is 6. The Morgan fingerprint density at radius 1 is 1.57 bits per heavy atom. The lowest BCUT2D eigenvalue weighted by molar-refractivity contribution is -0.139. The predicted octanol–water partition coefficient (Wildman–Crippen LogP) is 1.17. The summed E-state index contributed by atoms with van der Waals surface area (Å²) in [5.74, 6) is 0.721. The Morgan fingerprint density at radius 2 is 2.48 bits per heavy atom. The fraction of sp³-hybridized carbons (Fsp3) is 0.429. The molecule has 0 radical (unpaired) electrons. The zero-order chi connectivity index (χ0) is 14.7. The summed E-state index contributed by atoms with van der Waals surface area (Å²) in [5, 5.41) is 11.8. The van der Waals surface area contributed by atoms with Crippen molar-refractivity contribution in [1.29, 1.82) is 0 Å². The third-order valence-electron chi connectivity index (χ3n) is 3.31. The van der Waals surface area contributed by atoms with Gasteiger partial charge < -0.3 is 19.2 Å². The minimum atomic E-state index is -0.281. The fourth-order valence-electron chi connectivity index (χ4n) is 2.22. The molecule has 3 rings (SSSR count). The Kier molecular flexibility index (Phi) is 4.33. The van der Waals surface area contributed by atoms with Crippen LogP contribution in [0.1, 0.15) is 5.69 Å². The van der Waals surface area contributed by atoms with E-state index in [4.69, 9.17) is 14.3 Å².